The van der Waals surface area contributed by atoms with E-state index in [2.05, 4.69) is 43.5 Å². The maximum Gasteiger partial charge on any atom is 0.162 e. The minimum atomic E-state index is 0.427. The number of halogens is 1. The Labute approximate surface area is 153 Å². The lowest BCUT2D eigenvalue weighted by atomic mass is 10.2. The molecular formula is C17H16IN5O. The number of rotatable bonds is 2. The number of nitrogen functional groups attached to an aromatic ring is 1. The highest BCUT2D eigenvalue weighted by atomic mass is 127. The SMILES string of the molecule is Nc1nccc2c(N3CCOCC3)nc(-c3cccc(I)c3)nc12. The fraction of sp³-hybridized carbons (Fsp3) is 0.235. The predicted octanol–water partition coefficient (Wildman–Crippen LogP) is 2.72. The molecule has 3 aromatic rings. The Morgan fingerprint density at radius 2 is 1.96 bits per heavy atom. The van der Waals surface area contributed by atoms with E-state index in [9.17, 15) is 0 Å². The largest absolute Gasteiger partial charge is 0.382 e. The highest BCUT2D eigenvalue weighted by Crippen LogP contribution is 2.30. The third-order valence-corrected chi connectivity index (χ3v) is 4.69. The standard InChI is InChI=1S/C17H16IN5O/c18-12-3-1-2-11(10-12)16-21-14-13(4-5-20-15(14)19)17(22-16)23-6-8-24-9-7-23/h1-5,10H,6-9H2,(H2,19,20). The van der Waals surface area contributed by atoms with Gasteiger partial charge in [0.2, 0.25) is 0 Å². The Bertz CT molecular complexity index is 895. The van der Waals surface area contributed by atoms with Crippen LogP contribution in [0, 0.1) is 3.57 Å². The summed E-state index contributed by atoms with van der Waals surface area (Å²) >= 11 is 2.29. The average molecular weight is 433 g/mol. The van der Waals surface area contributed by atoms with Crippen molar-refractivity contribution in [1.82, 2.24) is 15.0 Å². The van der Waals surface area contributed by atoms with Gasteiger partial charge in [0.15, 0.2) is 5.82 Å². The van der Waals surface area contributed by atoms with Crippen molar-refractivity contribution in [2.45, 2.75) is 0 Å². The molecule has 0 atom stereocenters. The molecule has 2 N–H and O–H groups in total. The monoisotopic (exact) mass is 433 g/mol. The molecule has 0 radical (unpaired) electrons. The maximum atomic E-state index is 6.09. The number of pyridine rings is 1. The summed E-state index contributed by atoms with van der Waals surface area (Å²) in [5, 5.41) is 0.929. The molecule has 1 aliphatic heterocycles. The van der Waals surface area contributed by atoms with Crippen LogP contribution in [0.15, 0.2) is 36.5 Å². The third kappa shape index (κ3) is 2.89. The van der Waals surface area contributed by atoms with Crippen LogP contribution >= 0.6 is 22.6 Å². The molecule has 0 saturated carbocycles. The summed E-state index contributed by atoms with van der Waals surface area (Å²) in [5.41, 5.74) is 7.76. The Morgan fingerprint density at radius 3 is 2.75 bits per heavy atom. The molecule has 0 aliphatic carbocycles. The Morgan fingerprint density at radius 1 is 1.12 bits per heavy atom. The molecule has 1 fully saturated rings. The van der Waals surface area contributed by atoms with E-state index in [1.165, 1.54) is 0 Å². The van der Waals surface area contributed by atoms with Gasteiger partial charge in [0, 0.05) is 33.8 Å². The van der Waals surface area contributed by atoms with Crippen LogP contribution in [0.1, 0.15) is 0 Å². The summed E-state index contributed by atoms with van der Waals surface area (Å²) in [6, 6.07) is 10.1. The van der Waals surface area contributed by atoms with Crippen LogP contribution in [-0.4, -0.2) is 41.3 Å². The topological polar surface area (TPSA) is 77.2 Å². The lowest BCUT2D eigenvalue weighted by Gasteiger charge is -2.29. The third-order valence-electron chi connectivity index (χ3n) is 4.02. The highest BCUT2D eigenvalue weighted by molar-refractivity contribution is 14.1. The summed E-state index contributed by atoms with van der Waals surface area (Å²) < 4.78 is 6.60. The minimum absolute atomic E-state index is 0.427. The number of aromatic nitrogens is 3. The number of hydrogen-bond acceptors (Lipinski definition) is 6. The van der Waals surface area contributed by atoms with Crippen molar-refractivity contribution in [2.24, 2.45) is 0 Å². The number of nitrogens with two attached hydrogens (primary N) is 1. The second-order valence-electron chi connectivity index (χ2n) is 5.57. The van der Waals surface area contributed by atoms with Crippen molar-refractivity contribution in [3.63, 3.8) is 0 Å². The van der Waals surface area contributed by atoms with Crippen LogP contribution in [0.25, 0.3) is 22.3 Å². The molecule has 24 heavy (non-hydrogen) atoms. The van der Waals surface area contributed by atoms with Gasteiger partial charge in [-0.1, -0.05) is 12.1 Å². The van der Waals surface area contributed by atoms with Crippen LogP contribution in [0.4, 0.5) is 11.6 Å². The molecule has 0 spiro atoms. The second kappa shape index (κ2) is 6.48. The van der Waals surface area contributed by atoms with Gasteiger partial charge in [-0.15, -0.1) is 0 Å². The van der Waals surface area contributed by atoms with E-state index < -0.39 is 0 Å². The van der Waals surface area contributed by atoms with Crippen LogP contribution in [0.5, 0.6) is 0 Å². The maximum absolute atomic E-state index is 6.09. The fourth-order valence-electron chi connectivity index (χ4n) is 2.83. The van der Waals surface area contributed by atoms with Crippen molar-refractivity contribution in [3.8, 4) is 11.4 Å². The van der Waals surface area contributed by atoms with Gasteiger partial charge in [0.25, 0.3) is 0 Å². The molecule has 1 saturated heterocycles. The van der Waals surface area contributed by atoms with Gasteiger partial charge in [-0.3, -0.25) is 0 Å². The quantitative estimate of drug-likeness (QED) is 0.627. The van der Waals surface area contributed by atoms with Crippen molar-refractivity contribution in [3.05, 3.63) is 40.1 Å². The van der Waals surface area contributed by atoms with Gasteiger partial charge in [-0.25, -0.2) is 15.0 Å². The molecule has 1 aliphatic rings. The molecule has 0 bridgehead atoms. The van der Waals surface area contributed by atoms with Crippen LogP contribution < -0.4 is 10.6 Å². The van der Waals surface area contributed by atoms with Crippen LogP contribution in [-0.2, 0) is 4.74 Å². The van der Waals surface area contributed by atoms with Crippen molar-refractivity contribution >= 4 is 45.1 Å². The van der Waals surface area contributed by atoms with Gasteiger partial charge >= 0.3 is 0 Å². The molecule has 1 aromatic carbocycles. The molecule has 3 heterocycles. The fourth-order valence-corrected chi connectivity index (χ4v) is 3.38. The number of morpholine rings is 1. The zero-order valence-electron chi connectivity index (χ0n) is 12.9. The molecule has 122 valence electrons. The van der Waals surface area contributed by atoms with Crippen LogP contribution in [0.3, 0.4) is 0 Å². The summed E-state index contributed by atoms with van der Waals surface area (Å²) in [4.78, 5) is 15.9. The Hall–Kier alpha value is -2.00. The first-order chi connectivity index (χ1) is 11.7. The Kier molecular flexibility index (Phi) is 4.19. The smallest absolute Gasteiger partial charge is 0.162 e. The van der Waals surface area contributed by atoms with E-state index >= 15 is 0 Å². The second-order valence-corrected chi connectivity index (χ2v) is 6.82. The highest BCUT2D eigenvalue weighted by Gasteiger charge is 2.19. The van der Waals surface area contributed by atoms with Gasteiger partial charge in [-0.05, 0) is 40.8 Å². The zero-order chi connectivity index (χ0) is 16.5. The average Bonchev–Trinajstić information content (AvgIpc) is 2.62. The Balaban J connectivity index is 1.93. The summed E-state index contributed by atoms with van der Waals surface area (Å²) in [7, 11) is 0. The van der Waals surface area contributed by atoms with Crippen molar-refractivity contribution in [1.29, 1.82) is 0 Å². The number of fused-ring (bicyclic) bond motifs is 1. The van der Waals surface area contributed by atoms with Crippen molar-refractivity contribution in [2.75, 3.05) is 36.9 Å². The van der Waals surface area contributed by atoms with E-state index in [-0.39, 0.29) is 0 Å². The first kappa shape index (κ1) is 15.5. The lowest BCUT2D eigenvalue weighted by Crippen LogP contribution is -2.37. The normalized spacial score (nSPS) is 15.0. The van der Waals surface area contributed by atoms with E-state index in [1.54, 1.807) is 6.20 Å². The van der Waals surface area contributed by atoms with E-state index in [1.807, 2.05) is 24.3 Å². The predicted molar refractivity (Wildman–Crippen MR) is 103 cm³/mol. The van der Waals surface area contributed by atoms with Gasteiger partial charge in [0.1, 0.15) is 17.2 Å². The van der Waals surface area contributed by atoms with Gasteiger partial charge in [0.05, 0.1) is 13.2 Å². The lowest BCUT2D eigenvalue weighted by molar-refractivity contribution is 0.122. The van der Waals surface area contributed by atoms with E-state index in [4.69, 9.17) is 15.5 Å². The zero-order valence-corrected chi connectivity index (χ0v) is 15.1. The number of ether oxygens (including phenoxy) is 1. The molecule has 6 nitrogen and oxygen atoms in total. The molecule has 0 amide bonds. The molecule has 2 aromatic heterocycles. The molecule has 7 heteroatoms. The number of nitrogens with zero attached hydrogens (tertiary/aromatic N) is 4. The number of hydrogen-bond donors (Lipinski definition) is 1. The summed E-state index contributed by atoms with van der Waals surface area (Å²) in [6.07, 6.45) is 1.70. The van der Waals surface area contributed by atoms with Crippen LogP contribution in [0.2, 0.25) is 0 Å². The minimum Gasteiger partial charge on any atom is -0.382 e. The van der Waals surface area contributed by atoms with Gasteiger partial charge < -0.3 is 15.4 Å². The van der Waals surface area contributed by atoms with Crippen molar-refractivity contribution < 1.29 is 4.74 Å². The van der Waals surface area contributed by atoms with E-state index in [0.717, 1.165) is 33.4 Å². The van der Waals surface area contributed by atoms with E-state index in [0.29, 0.717) is 30.4 Å². The first-order valence-corrected chi connectivity index (χ1v) is 8.81. The van der Waals surface area contributed by atoms with Gasteiger partial charge in [-0.2, -0.15) is 0 Å². The summed E-state index contributed by atoms with van der Waals surface area (Å²) in [6.45, 7) is 3.01. The molecular weight excluding hydrogens is 417 g/mol. The molecule has 4 rings (SSSR count). The molecule has 0 unspecified atom stereocenters. The summed E-state index contributed by atoms with van der Waals surface area (Å²) in [5.74, 6) is 1.99. The first-order valence-electron chi connectivity index (χ1n) is 7.73. The number of benzene rings is 1. The number of anilines is 2.